The third-order valence-corrected chi connectivity index (χ3v) is 5.26. The molecular formula is C20H19FN4O3S. The van der Waals surface area contributed by atoms with Crippen LogP contribution in [0, 0.1) is 15.9 Å². The molecule has 0 aliphatic carbocycles. The van der Waals surface area contributed by atoms with Gasteiger partial charge in [-0.05, 0) is 36.8 Å². The second-order valence-corrected chi connectivity index (χ2v) is 7.46. The topological polar surface area (TPSA) is 83.1 Å². The summed E-state index contributed by atoms with van der Waals surface area (Å²) in [4.78, 5) is 10.6. The highest BCUT2D eigenvalue weighted by atomic mass is 32.2. The maximum atomic E-state index is 13.0. The van der Waals surface area contributed by atoms with Crippen LogP contribution in [-0.4, -0.2) is 19.7 Å². The molecule has 7 nitrogen and oxygen atoms in total. The van der Waals surface area contributed by atoms with Crippen LogP contribution in [0.25, 0.3) is 0 Å². The van der Waals surface area contributed by atoms with Crippen molar-refractivity contribution in [1.82, 2.24) is 14.8 Å². The summed E-state index contributed by atoms with van der Waals surface area (Å²) in [5.74, 6) is 0.794. The first-order chi connectivity index (χ1) is 14.0. The Balaban J connectivity index is 1.75. The summed E-state index contributed by atoms with van der Waals surface area (Å²) < 4.78 is 20.6. The van der Waals surface area contributed by atoms with Gasteiger partial charge in [0.05, 0.1) is 4.92 Å². The molecule has 0 spiro atoms. The van der Waals surface area contributed by atoms with Crippen molar-refractivity contribution in [1.29, 1.82) is 0 Å². The summed E-state index contributed by atoms with van der Waals surface area (Å²) in [6, 6.07) is 12.3. The molecule has 2 aromatic carbocycles. The Labute approximate surface area is 171 Å². The monoisotopic (exact) mass is 414 g/mol. The number of thioether (sulfide) groups is 1. The van der Waals surface area contributed by atoms with Gasteiger partial charge < -0.3 is 4.74 Å². The Morgan fingerprint density at radius 3 is 2.76 bits per heavy atom. The molecular weight excluding hydrogens is 395 g/mol. The van der Waals surface area contributed by atoms with E-state index in [0.717, 1.165) is 5.56 Å². The van der Waals surface area contributed by atoms with Gasteiger partial charge in [-0.1, -0.05) is 30.0 Å². The van der Waals surface area contributed by atoms with E-state index in [9.17, 15) is 14.5 Å². The van der Waals surface area contributed by atoms with Gasteiger partial charge in [0.25, 0.3) is 5.69 Å². The lowest BCUT2D eigenvalue weighted by atomic mass is 10.1. The Hall–Kier alpha value is -3.20. The molecule has 0 unspecified atom stereocenters. The predicted octanol–water partition coefficient (Wildman–Crippen LogP) is 4.94. The maximum Gasteiger partial charge on any atom is 0.269 e. The number of aromatic nitrogens is 3. The van der Waals surface area contributed by atoms with Crippen LogP contribution in [0.4, 0.5) is 10.1 Å². The lowest BCUT2D eigenvalue weighted by Crippen LogP contribution is -2.08. The fraction of sp³-hybridized carbons (Fsp3) is 0.200. The largest absolute Gasteiger partial charge is 0.486 e. The molecule has 0 radical (unpaired) electrons. The molecule has 0 aliphatic rings. The number of rotatable bonds is 9. The molecule has 0 fully saturated rings. The van der Waals surface area contributed by atoms with Gasteiger partial charge >= 0.3 is 0 Å². The summed E-state index contributed by atoms with van der Waals surface area (Å²) >= 11 is 1.44. The molecule has 0 N–H and O–H groups in total. The average molecular weight is 414 g/mol. The van der Waals surface area contributed by atoms with Gasteiger partial charge in [-0.3, -0.25) is 14.7 Å². The second-order valence-electron chi connectivity index (χ2n) is 6.15. The quantitative estimate of drug-likeness (QED) is 0.213. The van der Waals surface area contributed by atoms with E-state index in [0.29, 0.717) is 23.3 Å². The minimum atomic E-state index is -0.411. The standard InChI is InChI=1S/C20H19FN4O3S/c1-3-11-24-19(13-28-18-9-7-16(21)8-10-18)22-23-20(24)29-14(2)15-5-4-6-17(12-15)25(26)27/h3-10,12,14H,1,11,13H2,2H3/t14-/m0/s1. The number of hydrogen-bond donors (Lipinski definition) is 0. The lowest BCUT2D eigenvalue weighted by molar-refractivity contribution is -0.384. The minimum absolute atomic E-state index is 0.0518. The van der Waals surface area contributed by atoms with E-state index >= 15 is 0 Å². The van der Waals surface area contributed by atoms with E-state index in [-0.39, 0.29) is 23.4 Å². The third kappa shape index (κ3) is 5.20. The molecule has 29 heavy (non-hydrogen) atoms. The van der Waals surface area contributed by atoms with Crippen molar-refractivity contribution >= 4 is 17.4 Å². The minimum Gasteiger partial charge on any atom is -0.486 e. The van der Waals surface area contributed by atoms with Crippen LogP contribution in [-0.2, 0) is 13.2 Å². The van der Waals surface area contributed by atoms with Gasteiger partial charge in [0.15, 0.2) is 11.0 Å². The smallest absolute Gasteiger partial charge is 0.269 e. The predicted molar refractivity (Wildman–Crippen MR) is 108 cm³/mol. The Morgan fingerprint density at radius 1 is 1.31 bits per heavy atom. The molecule has 0 aliphatic heterocycles. The molecule has 3 aromatic rings. The summed E-state index contributed by atoms with van der Waals surface area (Å²) in [5.41, 5.74) is 0.873. The number of allylic oxidation sites excluding steroid dienone is 1. The molecule has 0 bridgehead atoms. The molecule has 1 aromatic heterocycles. The van der Waals surface area contributed by atoms with Crippen LogP contribution in [0.5, 0.6) is 5.75 Å². The van der Waals surface area contributed by atoms with E-state index in [1.165, 1.54) is 30.0 Å². The molecule has 9 heteroatoms. The number of non-ortho nitro benzene ring substituents is 1. The van der Waals surface area contributed by atoms with E-state index in [2.05, 4.69) is 16.8 Å². The normalized spacial score (nSPS) is 11.8. The van der Waals surface area contributed by atoms with Crippen molar-refractivity contribution in [3.05, 3.63) is 88.5 Å². The first-order valence-corrected chi connectivity index (χ1v) is 9.68. The maximum absolute atomic E-state index is 13.0. The Kier molecular flexibility index (Phi) is 6.61. The van der Waals surface area contributed by atoms with Gasteiger partial charge in [-0.2, -0.15) is 0 Å². The number of halogens is 1. The highest BCUT2D eigenvalue weighted by Gasteiger charge is 2.18. The third-order valence-electron chi connectivity index (χ3n) is 4.12. The van der Waals surface area contributed by atoms with E-state index in [4.69, 9.17) is 4.74 Å². The summed E-state index contributed by atoms with van der Waals surface area (Å²) in [5, 5.41) is 20.0. The highest BCUT2D eigenvalue weighted by Crippen LogP contribution is 2.35. The van der Waals surface area contributed by atoms with Gasteiger partial charge in [-0.15, -0.1) is 16.8 Å². The highest BCUT2D eigenvalue weighted by molar-refractivity contribution is 7.99. The van der Waals surface area contributed by atoms with Crippen molar-refractivity contribution in [3.8, 4) is 5.75 Å². The average Bonchev–Trinajstić information content (AvgIpc) is 3.09. The van der Waals surface area contributed by atoms with Crippen LogP contribution in [0.3, 0.4) is 0 Å². The SMILES string of the molecule is C=CCn1c(COc2ccc(F)cc2)nnc1S[C@@H](C)c1cccc([N+](=O)[O-])c1. The number of nitro benzene ring substituents is 1. The molecule has 0 amide bonds. The number of nitro groups is 1. The van der Waals surface area contributed by atoms with Crippen molar-refractivity contribution in [2.24, 2.45) is 0 Å². The fourth-order valence-corrected chi connectivity index (χ4v) is 3.62. The number of nitrogens with zero attached hydrogens (tertiary/aromatic N) is 4. The molecule has 1 heterocycles. The van der Waals surface area contributed by atoms with Crippen LogP contribution >= 0.6 is 11.8 Å². The van der Waals surface area contributed by atoms with Crippen LogP contribution < -0.4 is 4.74 Å². The number of hydrogen-bond acceptors (Lipinski definition) is 6. The number of ether oxygens (including phenoxy) is 1. The van der Waals surface area contributed by atoms with E-state index in [1.807, 2.05) is 17.6 Å². The zero-order chi connectivity index (χ0) is 20.8. The van der Waals surface area contributed by atoms with Gasteiger partial charge in [-0.25, -0.2) is 4.39 Å². The Morgan fingerprint density at radius 2 is 2.07 bits per heavy atom. The van der Waals surface area contributed by atoms with E-state index < -0.39 is 4.92 Å². The van der Waals surface area contributed by atoms with Gasteiger partial charge in [0, 0.05) is 23.9 Å². The first-order valence-electron chi connectivity index (χ1n) is 8.80. The summed E-state index contributed by atoms with van der Waals surface area (Å²) in [6.45, 7) is 6.37. The van der Waals surface area contributed by atoms with E-state index in [1.54, 1.807) is 30.3 Å². The first kappa shape index (κ1) is 20.5. The molecule has 3 rings (SSSR count). The molecule has 150 valence electrons. The molecule has 1 atom stereocenters. The Bertz CT molecular complexity index is 1010. The van der Waals surface area contributed by atoms with Gasteiger partial charge in [0.1, 0.15) is 18.2 Å². The summed E-state index contributed by atoms with van der Waals surface area (Å²) in [6.07, 6.45) is 1.73. The van der Waals surface area contributed by atoms with Crippen molar-refractivity contribution < 1.29 is 14.1 Å². The fourth-order valence-electron chi connectivity index (χ4n) is 2.62. The molecule has 0 saturated carbocycles. The number of benzene rings is 2. The molecule has 0 saturated heterocycles. The van der Waals surface area contributed by atoms with Crippen LogP contribution in [0.15, 0.2) is 66.3 Å². The van der Waals surface area contributed by atoms with Crippen molar-refractivity contribution in [3.63, 3.8) is 0 Å². The van der Waals surface area contributed by atoms with Gasteiger partial charge in [0.2, 0.25) is 0 Å². The zero-order valence-electron chi connectivity index (χ0n) is 15.7. The van der Waals surface area contributed by atoms with Crippen LogP contribution in [0.1, 0.15) is 23.6 Å². The van der Waals surface area contributed by atoms with Crippen molar-refractivity contribution in [2.75, 3.05) is 0 Å². The lowest BCUT2D eigenvalue weighted by Gasteiger charge is -2.13. The van der Waals surface area contributed by atoms with Crippen molar-refractivity contribution in [2.45, 2.75) is 30.5 Å². The second kappa shape index (κ2) is 9.33. The van der Waals surface area contributed by atoms with Crippen LogP contribution in [0.2, 0.25) is 0 Å². The zero-order valence-corrected chi connectivity index (χ0v) is 16.5. The summed E-state index contributed by atoms with van der Waals surface area (Å²) in [7, 11) is 0.